The highest BCUT2D eigenvalue weighted by atomic mass is 16.5. The molecule has 0 saturated heterocycles. The average Bonchev–Trinajstić information content (AvgIpc) is 3.57. The van der Waals surface area contributed by atoms with Gasteiger partial charge < -0.3 is 14.7 Å². The van der Waals surface area contributed by atoms with Crippen LogP contribution in [0.15, 0.2) is 200 Å². The summed E-state index contributed by atoms with van der Waals surface area (Å²) in [6, 6.07) is 72.7. The highest BCUT2D eigenvalue weighted by Gasteiger charge is 2.46. The van der Waals surface area contributed by atoms with Gasteiger partial charge in [0.2, 0.25) is 0 Å². The number of hydrogen-bond donors (Lipinski definition) is 1. The molecule has 1 aliphatic carbocycles. The average molecular weight is 779 g/mol. The van der Waals surface area contributed by atoms with E-state index in [1.165, 1.54) is 44.5 Å². The van der Waals surface area contributed by atoms with Gasteiger partial charge in [-0.05, 0) is 127 Å². The van der Waals surface area contributed by atoms with Crippen molar-refractivity contribution in [1.29, 1.82) is 0 Å². The fraction of sp³-hybridized carbons (Fsp3) is 0.143. The second-order valence-electron chi connectivity index (χ2n) is 17.0. The van der Waals surface area contributed by atoms with Gasteiger partial charge in [-0.2, -0.15) is 0 Å². The van der Waals surface area contributed by atoms with Gasteiger partial charge in [-0.1, -0.05) is 175 Å². The molecule has 0 atom stereocenters. The van der Waals surface area contributed by atoms with Crippen LogP contribution in [0.3, 0.4) is 0 Å². The highest BCUT2D eigenvalue weighted by Crippen LogP contribution is 2.57. The second kappa shape index (κ2) is 15.6. The third-order valence-electron chi connectivity index (χ3n) is 12.4. The van der Waals surface area contributed by atoms with E-state index in [1.54, 1.807) is 21.3 Å². The molecule has 60 heavy (non-hydrogen) atoms. The van der Waals surface area contributed by atoms with Gasteiger partial charge in [0.05, 0.1) is 16.6 Å². The Balaban J connectivity index is 1.22. The van der Waals surface area contributed by atoms with Crippen LogP contribution in [-0.2, 0) is 10.1 Å². The predicted molar refractivity (Wildman–Crippen MR) is 251 cm³/mol. The third-order valence-corrected chi connectivity index (χ3v) is 12.4. The van der Waals surface area contributed by atoms with Crippen LogP contribution >= 0.6 is 0 Å². The topological polar surface area (TPSA) is 32.7 Å². The van der Waals surface area contributed by atoms with E-state index >= 15 is 0 Å². The number of hydrogen-bond acceptors (Lipinski definition) is 3. The Morgan fingerprint density at radius 3 is 1.57 bits per heavy atom. The molecule has 1 N–H and O–H groups in total. The van der Waals surface area contributed by atoms with Crippen molar-refractivity contribution < 1.29 is 9.76 Å². The van der Waals surface area contributed by atoms with Gasteiger partial charge in [0, 0.05) is 17.1 Å². The lowest BCUT2D eigenvalue weighted by Gasteiger charge is -2.37. The SMILES string of the molecule is Cc1cccc(-c2cccc(N(c3cccc(-c4cccc([B]OC(C)(C)C(C)(C)O)c4)c3)c3ccc4c(c3)C(c3ccccc3)(c3ccccc3)c3ccccc3-4)c2)c1. The van der Waals surface area contributed by atoms with Crippen LogP contribution in [0.1, 0.15) is 55.5 Å². The molecule has 8 aromatic rings. The smallest absolute Gasteiger partial charge is 0.330 e. The fourth-order valence-electron chi connectivity index (χ4n) is 8.64. The van der Waals surface area contributed by atoms with Gasteiger partial charge in [0.15, 0.2) is 0 Å². The zero-order valence-electron chi connectivity index (χ0n) is 34.9. The van der Waals surface area contributed by atoms with Gasteiger partial charge in [-0.25, -0.2) is 0 Å². The van der Waals surface area contributed by atoms with Crippen molar-refractivity contribution in [1.82, 2.24) is 0 Å². The van der Waals surface area contributed by atoms with E-state index in [1.807, 2.05) is 19.9 Å². The van der Waals surface area contributed by atoms with E-state index in [-0.39, 0.29) is 0 Å². The molecule has 0 spiro atoms. The number of benzene rings is 8. The number of rotatable bonds is 11. The van der Waals surface area contributed by atoms with Crippen LogP contribution in [0.25, 0.3) is 33.4 Å². The first kappa shape index (κ1) is 39.0. The minimum Gasteiger partial charge on any atom is -0.427 e. The predicted octanol–water partition coefficient (Wildman–Crippen LogP) is 13.0. The zero-order chi connectivity index (χ0) is 41.5. The summed E-state index contributed by atoms with van der Waals surface area (Å²) in [4.78, 5) is 2.40. The largest absolute Gasteiger partial charge is 0.427 e. The molecule has 1 radical (unpaired) electrons. The first-order valence-electron chi connectivity index (χ1n) is 20.8. The quantitative estimate of drug-likeness (QED) is 0.133. The molecule has 4 heteroatoms. The maximum Gasteiger partial charge on any atom is 0.330 e. The Kier molecular flexibility index (Phi) is 10.2. The first-order valence-corrected chi connectivity index (χ1v) is 20.8. The van der Waals surface area contributed by atoms with Gasteiger partial charge in [0.1, 0.15) is 0 Å². The molecule has 293 valence electrons. The molecule has 0 amide bonds. The van der Waals surface area contributed by atoms with Crippen molar-refractivity contribution in [2.24, 2.45) is 0 Å². The van der Waals surface area contributed by atoms with E-state index in [0.717, 1.165) is 39.2 Å². The molecule has 8 aromatic carbocycles. The van der Waals surface area contributed by atoms with Crippen molar-refractivity contribution in [3.63, 3.8) is 0 Å². The lowest BCUT2D eigenvalue weighted by molar-refractivity contribution is -0.0893. The summed E-state index contributed by atoms with van der Waals surface area (Å²) in [5.41, 5.74) is 15.0. The molecular weight excluding hydrogens is 729 g/mol. The molecule has 0 heterocycles. The fourth-order valence-corrected chi connectivity index (χ4v) is 8.64. The van der Waals surface area contributed by atoms with Crippen LogP contribution in [0.2, 0.25) is 0 Å². The Morgan fingerprint density at radius 2 is 0.967 bits per heavy atom. The summed E-state index contributed by atoms with van der Waals surface area (Å²) >= 11 is 0. The standard InChI is InChI=1S/C56H49BNO2/c1-39-18-14-19-40(34-39)42-21-16-28-47(36-42)58(48-29-17-22-43(37-48)41-20-15-27-46(35-41)57-60-55(4,5)54(2,3)59)49-32-33-51-50-30-12-13-31-52(50)56(53(51)38-49,44-23-8-6-9-24-44)45-25-10-7-11-26-45/h6-38,59H,1-5H3. The van der Waals surface area contributed by atoms with E-state index in [9.17, 15) is 5.11 Å². The van der Waals surface area contributed by atoms with E-state index in [2.05, 4.69) is 206 Å². The minimum atomic E-state index is -1.02. The number of fused-ring (bicyclic) bond motifs is 3. The van der Waals surface area contributed by atoms with Crippen LogP contribution in [-0.4, -0.2) is 23.8 Å². The lowest BCUT2D eigenvalue weighted by Crippen LogP contribution is -2.49. The third kappa shape index (κ3) is 7.06. The van der Waals surface area contributed by atoms with Gasteiger partial charge >= 0.3 is 7.48 Å². The van der Waals surface area contributed by atoms with Crippen molar-refractivity contribution >= 4 is 30.0 Å². The lowest BCUT2D eigenvalue weighted by atomic mass is 9.67. The molecular formula is C56H49BNO2. The van der Waals surface area contributed by atoms with E-state index in [4.69, 9.17) is 4.65 Å². The Hall–Kier alpha value is -6.46. The molecule has 3 nitrogen and oxygen atoms in total. The summed E-state index contributed by atoms with van der Waals surface area (Å²) < 4.78 is 6.16. The number of aliphatic hydroxyl groups is 1. The number of anilines is 3. The molecule has 0 aromatic heterocycles. The molecule has 9 rings (SSSR count). The van der Waals surface area contributed by atoms with Crippen LogP contribution in [0, 0.1) is 6.92 Å². The molecule has 0 fully saturated rings. The maximum absolute atomic E-state index is 10.7. The molecule has 0 saturated carbocycles. The van der Waals surface area contributed by atoms with Crippen LogP contribution in [0.5, 0.6) is 0 Å². The Labute approximate surface area is 355 Å². The van der Waals surface area contributed by atoms with Gasteiger partial charge in [0.25, 0.3) is 0 Å². The van der Waals surface area contributed by atoms with E-state index < -0.39 is 16.6 Å². The Morgan fingerprint density at radius 1 is 0.467 bits per heavy atom. The maximum atomic E-state index is 10.7. The van der Waals surface area contributed by atoms with Gasteiger partial charge in [-0.3, -0.25) is 0 Å². The summed E-state index contributed by atoms with van der Waals surface area (Å²) in [5, 5.41) is 10.7. The highest BCUT2D eigenvalue weighted by molar-refractivity contribution is 6.47. The zero-order valence-corrected chi connectivity index (χ0v) is 34.9. The van der Waals surface area contributed by atoms with Crippen LogP contribution in [0.4, 0.5) is 17.1 Å². The van der Waals surface area contributed by atoms with Crippen molar-refractivity contribution in [2.75, 3.05) is 4.90 Å². The first-order chi connectivity index (χ1) is 29.0. The molecule has 1 aliphatic rings. The summed E-state index contributed by atoms with van der Waals surface area (Å²) in [7, 11) is 1.75. The Bertz CT molecular complexity index is 2770. The number of nitrogens with zero attached hydrogens (tertiary/aromatic N) is 1. The summed E-state index contributed by atoms with van der Waals surface area (Å²) in [5.74, 6) is 0. The summed E-state index contributed by atoms with van der Waals surface area (Å²) in [6.07, 6.45) is 0. The van der Waals surface area contributed by atoms with Crippen molar-refractivity contribution in [3.05, 3.63) is 228 Å². The second-order valence-corrected chi connectivity index (χ2v) is 17.0. The van der Waals surface area contributed by atoms with E-state index in [0.29, 0.717) is 0 Å². The van der Waals surface area contributed by atoms with Gasteiger partial charge in [-0.15, -0.1) is 0 Å². The summed E-state index contributed by atoms with van der Waals surface area (Å²) in [6.45, 7) is 9.50. The molecule has 0 bridgehead atoms. The normalized spacial score (nSPS) is 13.0. The van der Waals surface area contributed by atoms with Crippen molar-refractivity contribution in [3.8, 4) is 33.4 Å². The monoisotopic (exact) mass is 778 g/mol. The van der Waals surface area contributed by atoms with Crippen molar-refractivity contribution in [2.45, 2.75) is 51.2 Å². The molecule has 0 aliphatic heterocycles. The minimum absolute atomic E-state index is 0.528. The molecule has 0 unspecified atom stereocenters. The number of aryl methyl sites for hydroxylation is 1. The van der Waals surface area contributed by atoms with Crippen LogP contribution < -0.4 is 10.4 Å².